The summed E-state index contributed by atoms with van der Waals surface area (Å²) in [6.45, 7) is 20.4. The van der Waals surface area contributed by atoms with E-state index >= 15 is 0 Å². The van der Waals surface area contributed by atoms with Crippen molar-refractivity contribution in [3.05, 3.63) is 23.3 Å². The zero-order chi connectivity index (χ0) is 29.6. The van der Waals surface area contributed by atoms with E-state index in [1.807, 2.05) is 26.0 Å². The molecule has 1 unspecified atom stereocenters. The van der Waals surface area contributed by atoms with Gasteiger partial charge in [0, 0.05) is 16.2 Å². The summed E-state index contributed by atoms with van der Waals surface area (Å²) in [4.78, 5) is 28.3. The highest BCUT2D eigenvalue weighted by Crippen LogP contribution is 2.73. The maximum absolute atomic E-state index is 14.9. The minimum Gasteiger partial charge on any atom is -0.362 e. The monoisotopic (exact) mass is 547 g/mol. The Bertz CT molecular complexity index is 1220. The van der Waals surface area contributed by atoms with E-state index in [9.17, 15) is 14.9 Å². The van der Waals surface area contributed by atoms with Crippen LogP contribution in [0.2, 0.25) is 0 Å². The molecule has 220 valence electrons. The molecule has 7 atom stereocenters. The smallest absolute Gasteiger partial charge is 0.188 e. The van der Waals surface area contributed by atoms with Crippen LogP contribution in [0.15, 0.2) is 23.3 Å². The molecule has 0 N–H and O–H groups in total. The molecule has 40 heavy (non-hydrogen) atoms. The first-order chi connectivity index (χ1) is 18.5. The fraction of sp³-hybridized carbons (Fsp3) is 0.806. The summed E-state index contributed by atoms with van der Waals surface area (Å²) in [6.07, 6.45) is 15.1. The second-order valence-corrected chi connectivity index (χ2v) is 16.6. The molecule has 0 amide bonds. The standard InChI is InChI=1S/C36H53NO3/c1-10-11-12-28-32(6)17-15-30(2,3)16-20-36(40-28)27(38)21-26-33(7)22-24(23-37)29(39)31(4,5)25(33)13-14-34(26,8)35(36,9)19-18-32/h21-22,25,28H,10-20H2,1-9H3/t25-,28?,32-,33-,34+,35-,36+/m0/s1. The van der Waals surface area contributed by atoms with Gasteiger partial charge in [0.15, 0.2) is 11.6 Å². The zero-order valence-electron chi connectivity index (χ0n) is 26.8. The van der Waals surface area contributed by atoms with Crippen molar-refractivity contribution in [2.24, 2.45) is 38.4 Å². The molecule has 0 radical (unpaired) electrons. The number of carbonyl (C=O) groups is 2. The predicted molar refractivity (Wildman–Crippen MR) is 159 cm³/mol. The van der Waals surface area contributed by atoms with E-state index in [2.05, 4.69) is 54.5 Å². The summed E-state index contributed by atoms with van der Waals surface area (Å²) in [5, 5.41) is 9.99. The molecule has 3 fully saturated rings. The Balaban J connectivity index is 1.75. The van der Waals surface area contributed by atoms with E-state index in [-0.39, 0.29) is 50.8 Å². The summed E-state index contributed by atoms with van der Waals surface area (Å²) in [7, 11) is 0. The van der Waals surface area contributed by atoms with E-state index in [1.54, 1.807) is 0 Å². The fourth-order valence-electron chi connectivity index (χ4n) is 10.3. The number of hydrogen-bond donors (Lipinski definition) is 0. The molecule has 0 aromatic heterocycles. The van der Waals surface area contributed by atoms with Crippen LogP contribution < -0.4 is 0 Å². The lowest BCUT2D eigenvalue weighted by atomic mass is 9.37. The molecule has 1 saturated carbocycles. The maximum atomic E-state index is 14.9. The number of nitrogens with zero attached hydrogens (tertiary/aromatic N) is 1. The zero-order valence-corrected chi connectivity index (χ0v) is 26.8. The Morgan fingerprint density at radius 1 is 0.925 bits per heavy atom. The van der Waals surface area contributed by atoms with Crippen LogP contribution in [0, 0.1) is 49.7 Å². The second-order valence-electron chi connectivity index (χ2n) is 16.6. The molecule has 2 aliphatic heterocycles. The van der Waals surface area contributed by atoms with Gasteiger partial charge >= 0.3 is 0 Å². The minimum atomic E-state index is -0.853. The normalized spacial score (nSPS) is 45.8. The lowest BCUT2D eigenvalue weighted by Gasteiger charge is -2.67. The molecule has 0 aromatic carbocycles. The third-order valence-electron chi connectivity index (χ3n) is 13.5. The van der Waals surface area contributed by atoms with Crippen LogP contribution in [0.1, 0.15) is 133 Å². The Labute approximate surface area is 243 Å². The summed E-state index contributed by atoms with van der Waals surface area (Å²) in [5.74, 6) is 0.135. The van der Waals surface area contributed by atoms with Gasteiger partial charge in [0.1, 0.15) is 11.7 Å². The Morgan fingerprint density at radius 2 is 1.57 bits per heavy atom. The van der Waals surface area contributed by atoms with Crippen LogP contribution in [-0.4, -0.2) is 23.3 Å². The van der Waals surface area contributed by atoms with Crippen molar-refractivity contribution in [3.63, 3.8) is 0 Å². The van der Waals surface area contributed by atoms with Crippen LogP contribution in [0.4, 0.5) is 0 Å². The highest BCUT2D eigenvalue weighted by atomic mass is 16.5. The third kappa shape index (κ3) is 3.78. The van der Waals surface area contributed by atoms with Crippen molar-refractivity contribution < 1.29 is 14.3 Å². The number of Topliss-reactive ketones (excluding diaryl/α,β-unsaturated/α-hetero) is 1. The van der Waals surface area contributed by atoms with Gasteiger partial charge in [0.2, 0.25) is 0 Å². The number of nitriles is 1. The van der Waals surface area contributed by atoms with Crippen molar-refractivity contribution >= 4 is 11.6 Å². The Morgan fingerprint density at radius 3 is 2.23 bits per heavy atom. The number of hydrogen-bond acceptors (Lipinski definition) is 4. The number of allylic oxidation sites excluding steroid dienone is 3. The van der Waals surface area contributed by atoms with Gasteiger partial charge in [0.25, 0.3) is 0 Å². The van der Waals surface area contributed by atoms with Crippen molar-refractivity contribution in [1.82, 2.24) is 0 Å². The molecule has 3 aliphatic carbocycles. The van der Waals surface area contributed by atoms with Crippen LogP contribution in [0.3, 0.4) is 0 Å². The fourth-order valence-corrected chi connectivity index (χ4v) is 10.3. The summed E-state index contributed by atoms with van der Waals surface area (Å²) < 4.78 is 7.47. The first-order valence-electron chi connectivity index (χ1n) is 16.1. The van der Waals surface area contributed by atoms with Crippen LogP contribution in [0.5, 0.6) is 0 Å². The molecule has 2 heterocycles. The molecule has 5 rings (SSSR count). The minimum absolute atomic E-state index is 0.0369. The number of ketones is 2. The average molecular weight is 548 g/mol. The molecule has 2 saturated heterocycles. The van der Waals surface area contributed by atoms with Crippen molar-refractivity contribution in [2.75, 3.05) is 0 Å². The predicted octanol–water partition coefficient (Wildman–Crippen LogP) is 8.70. The van der Waals surface area contributed by atoms with Crippen molar-refractivity contribution in [3.8, 4) is 6.07 Å². The van der Waals surface area contributed by atoms with E-state index in [1.165, 1.54) is 6.42 Å². The van der Waals surface area contributed by atoms with E-state index < -0.39 is 16.4 Å². The number of fused-ring (bicyclic) bond motifs is 6. The van der Waals surface area contributed by atoms with Gasteiger partial charge in [-0.1, -0.05) is 81.2 Å². The number of rotatable bonds is 3. The van der Waals surface area contributed by atoms with Crippen molar-refractivity contribution in [2.45, 2.75) is 145 Å². The lowest BCUT2D eigenvalue weighted by Crippen LogP contribution is -2.67. The van der Waals surface area contributed by atoms with Gasteiger partial charge in [-0.3, -0.25) is 9.59 Å². The molecular formula is C36H53NO3. The Hall–Kier alpha value is -1.73. The van der Waals surface area contributed by atoms with Gasteiger partial charge in [-0.2, -0.15) is 5.26 Å². The van der Waals surface area contributed by atoms with Crippen LogP contribution in [-0.2, 0) is 14.3 Å². The van der Waals surface area contributed by atoms with Gasteiger partial charge in [0.05, 0.1) is 11.7 Å². The topological polar surface area (TPSA) is 67.2 Å². The molecule has 1 spiro atoms. The largest absolute Gasteiger partial charge is 0.362 e. The van der Waals surface area contributed by atoms with E-state index in [0.29, 0.717) is 0 Å². The summed E-state index contributed by atoms with van der Waals surface area (Å²) in [5.41, 5.74) is -1.09. The molecule has 5 aliphatic rings. The summed E-state index contributed by atoms with van der Waals surface area (Å²) >= 11 is 0. The van der Waals surface area contributed by atoms with Crippen LogP contribution in [0.25, 0.3) is 0 Å². The first kappa shape index (κ1) is 29.8. The highest BCUT2D eigenvalue weighted by Gasteiger charge is 2.72. The number of carbonyl (C=O) groups excluding carboxylic acids is 2. The maximum Gasteiger partial charge on any atom is 0.188 e. The highest BCUT2D eigenvalue weighted by molar-refractivity contribution is 6.05. The van der Waals surface area contributed by atoms with E-state index in [4.69, 9.17) is 4.74 Å². The van der Waals surface area contributed by atoms with Gasteiger partial charge in [-0.15, -0.1) is 0 Å². The molecule has 0 aromatic rings. The Kier molecular flexibility index (Phi) is 6.79. The number of ether oxygens (including phenoxy) is 1. The van der Waals surface area contributed by atoms with Gasteiger partial charge in [-0.05, 0) is 91.6 Å². The third-order valence-corrected chi connectivity index (χ3v) is 13.5. The number of unbranched alkanes of at least 4 members (excludes halogenated alkanes) is 1. The molecule has 4 heteroatoms. The molecular weight excluding hydrogens is 494 g/mol. The van der Waals surface area contributed by atoms with E-state index in [0.717, 1.165) is 69.8 Å². The first-order valence-corrected chi connectivity index (χ1v) is 16.1. The molecule has 2 bridgehead atoms. The van der Waals surface area contributed by atoms with Crippen molar-refractivity contribution in [1.29, 1.82) is 5.26 Å². The quantitative estimate of drug-likeness (QED) is 0.354. The van der Waals surface area contributed by atoms with Gasteiger partial charge < -0.3 is 4.74 Å². The SMILES string of the molecule is CCCCC1O[C@@]23CCC(C)(C)CC[C@@]1(C)CC[C@@]2(C)[C@]1(C)CC[C@H]2C(C)(C)C(=O)C(C#N)=C[C@]2(C)C1=CC3=O. The lowest BCUT2D eigenvalue weighted by molar-refractivity contribution is -0.213. The molecule has 4 nitrogen and oxygen atoms in total. The summed E-state index contributed by atoms with van der Waals surface area (Å²) in [6, 6.07) is 2.23. The second kappa shape index (κ2) is 9.13. The average Bonchev–Trinajstić information content (AvgIpc) is 2.96. The van der Waals surface area contributed by atoms with Crippen LogP contribution >= 0.6 is 0 Å². The van der Waals surface area contributed by atoms with Gasteiger partial charge in [-0.25, -0.2) is 0 Å².